The van der Waals surface area contributed by atoms with E-state index in [1.807, 2.05) is 0 Å². The van der Waals surface area contributed by atoms with Crippen LogP contribution in [-0.2, 0) is 0 Å². The minimum Gasteiger partial charge on any atom is -0.568 e. The molecule has 0 spiro atoms. The highest BCUT2D eigenvalue weighted by Gasteiger charge is 2.54. The van der Waals surface area contributed by atoms with Crippen molar-refractivity contribution >= 4 is 19.0 Å². The molecule has 0 saturated carbocycles. The van der Waals surface area contributed by atoms with E-state index in [1.165, 1.54) is 49.4 Å². The summed E-state index contributed by atoms with van der Waals surface area (Å²) < 4.78 is 53.7. The molecule has 118 valence electrons. The lowest BCUT2D eigenvalue weighted by Gasteiger charge is -2.19. The Morgan fingerprint density at radius 2 is 1.87 bits per heavy atom. The Morgan fingerprint density at radius 1 is 1.17 bits per heavy atom. The van der Waals surface area contributed by atoms with Crippen LogP contribution in [0.5, 0.6) is 5.75 Å². The van der Waals surface area contributed by atoms with Crippen LogP contribution in [0.25, 0.3) is 6.08 Å². The zero-order chi connectivity index (χ0) is 16.6. The van der Waals surface area contributed by atoms with E-state index in [-0.39, 0.29) is 22.9 Å². The van der Waals surface area contributed by atoms with E-state index in [0.29, 0.717) is 5.56 Å². The van der Waals surface area contributed by atoms with E-state index in [4.69, 9.17) is 4.42 Å². The standard InChI is InChI=1S/C15H10BF3O4/c1-9-8-13-14(15(20)21-9)12(22-16(18,19)23-13)7-4-10-2-5-11(17)6-3-10/h2-8H,1H3/b7-4+. The van der Waals surface area contributed by atoms with Crippen LogP contribution in [0.1, 0.15) is 21.2 Å². The topological polar surface area (TPSA) is 50.7 Å². The van der Waals surface area contributed by atoms with Crippen molar-refractivity contribution in [1.82, 2.24) is 0 Å². The maximum atomic E-state index is 13.6. The van der Waals surface area contributed by atoms with Gasteiger partial charge in [0.15, 0.2) is 5.56 Å². The molecule has 0 bridgehead atoms. The van der Waals surface area contributed by atoms with Crippen molar-refractivity contribution in [1.29, 1.82) is 0 Å². The van der Waals surface area contributed by atoms with Gasteiger partial charge >= 0.3 is 12.7 Å². The van der Waals surface area contributed by atoms with Crippen LogP contribution in [0.2, 0.25) is 0 Å². The molecule has 1 aromatic heterocycles. The van der Waals surface area contributed by atoms with Crippen molar-refractivity contribution in [2.45, 2.75) is 6.92 Å². The van der Waals surface area contributed by atoms with Gasteiger partial charge in [0, 0.05) is 12.1 Å². The fraction of sp³-hybridized carbons (Fsp3) is 0.0667. The third-order valence-corrected chi connectivity index (χ3v) is 3.11. The number of hydrogen-bond acceptors (Lipinski definition) is 3. The average Bonchev–Trinajstić information content (AvgIpc) is 2.44. The van der Waals surface area contributed by atoms with Gasteiger partial charge in [0.2, 0.25) is 0 Å². The van der Waals surface area contributed by atoms with E-state index in [2.05, 4.69) is 9.00 Å². The first-order chi connectivity index (χ1) is 10.8. The predicted molar refractivity (Wildman–Crippen MR) is 78.1 cm³/mol. The van der Waals surface area contributed by atoms with Crippen LogP contribution in [0.4, 0.5) is 13.0 Å². The van der Waals surface area contributed by atoms with Crippen molar-refractivity contribution in [3.8, 4) is 5.75 Å². The normalized spacial score (nSPS) is 15.9. The molecule has 0 atom stereocenters. The molecule has 2 aromatic rings. The molecule has 1 aromatic carbocycles. The summed E-state index contributed by atoms with van der Waals surface area (Å²) in [5.74, 6) is -0.944. The van der Waals surface area contributed by atoms with E-state index in [9.17, 15) is 17.8 Å². The maximum Gasteiger partial charge on any atom is 0.995 e. The van der Waals surface area contributed by atoms with Gasteiger partial charge in [0.1, 0.15) is 17.3 Å². The van der Waals surface area contributed by atoms with Crippen LogP contribution in [0.3, 0.4) is 0 Å². The second-order valence-corrected chi connectivity index (χ2v) is 4.90. The van der Waals surface area contributed by atoms with Gasteiger partial charge < -0.3 is 22.0 Å². The summed E-state index contributed by atoms with van der Waals surface area (Å²) in [6, 6.07) is 6.54. The number of hydrogen-bond donors (Lipinski definition) is 0. The molecule has 0 fully saturated rings. The first-order valence-electron chi connectivity index (χ1n) is 6.68. The minimum atomic E-state index is -4.59. The summed E-state index contributed by atoms with van der Waals surface area (Å²) in [5.41, 5.74) is -0.519. The molecular formula is C15H10BF3O4. The Balaban J connectivity index is 2.06. The Labute approximate surface area is 128 Å². The van der Waals surface area contributed by atoms with Gasteiger partial charge in [-0.05, 0) is 30.7 Å². The van der Waals surface area contributed by atoms with Crippen molar-refractivity contribution in [2.75, 3.05) is 0 Å². The zero-order valence-electron chi connectivity index (χ0n) is 11.9. The van der Waals surface area contributed by atoms with Crippen LogP contribution >= 0.6 is 0 Å². The number of carbonyl (C=O) groups excluding carboxylic acids is 1. The molecule has 0 aliphatic carbocycles. The van der Waals surface area contributed by atoms with E-state index in [0.717, 1.165) is 0 Å². The number of benzene rings is 1. The molecule has 1 aliphatic rings. The van der Waals surface area contributed by atoms with Crippen molar-refractivity contribution < 1.29 is 26.4 Å². The second kappa shape index (κ2) is 5.46. The summed E-state index contributed by atoms with van der Waals surface area (Å²) >= 11 is 0. The van der Waals surface area contributed by atoms with Crippen LogP contribution in [0, 0.1) is 12.7 Å². The number of aryl methyl sites for hydroxylation is 1. The highest BCUT2D eigenvalue weighted by molar-refractivity contribution is 6.52. The fourth-order valence-corrected chi connectivity index (χ4v) is 2.15. The SMILES string of the molecule is Cc1cc2c(c(=O)o1)C(/C=C/c1ccc(F)cc1)=[O+][B-](F)(F)O2. The lowest BCUT2D eigenvalue weighted by molar-refractivity contribution is -0.180. The quantitative estimate of drug-likeness (QED) is 0.484. The van der Waals surface area contributed by atoms with E-state index in [1.54, 1.807) is 0 Å². The molecule has 1 aliphatic heterocycles. The highest BCUT2D eigenvalue weighted by Crippen LogP contribution is 2.28. The van der Waals surface area contributed by atoms with E-state index >= 15 is 0 Å². The van der Waals surface area contributed by atoms with Gasteiger partial charge in [0.25, 0.3) is 5.78 Å². The van der Waals surface area contributed by atoms with Gasteiger partial charge in [-0.25, -0.2) is 9.18 Å². The Hall–Kier alpha value is -2.77. The van der Waals surface area contributed by atoms with Crippen LogP contribution < -0.4 is 10.3 Å². The lowest BCUT2D eigenvalue weighted by Crippen LogP contribution is -2.38. The van der Waals surface area contributed by atoms with Gasteiger partial charge in [0.05, 0.1) is 0 Å². The van der Waals surface area contributed by atoms with Gasteiger partial charge in [-0.3, -0.25) is 0 Å². The summed E-state index contributed by atoms with van der Waals surface area (Å²) in [7, 11) is -4.59. The highest BCUT2D eigenvalue weighted by atomic mass is 19.3. The Kier molecular flexibility index (Phi) is 3.59. The number of fused-ring (bicyclic) bond motifs is 1. The number of allylic oxidation sites excluding steroid dienone is 1. The molecule has 8 heteroatoms. The molecular weight excluding hydrogens is 312 g/mol. The largest absolute Gasteiger partial charge is 0.995 e. The van der Waals surface area contributed by atoms with Crippen molar-refractivity contribution in [3.05, 3.63) is 69.5 Å². The third-order valence-electron chi connectivity index (χ3n) is 3.11. The van der Waals surface area contributed by atoms with Crippen molar-refractivity contribution in [2.24, 2.45) is 0 Å². The number of ketones is 1. The van der Waals surface area contributed by atoms with Gasteiger partial charge in [-0.2, -0.15) is 0 Å². The predicted octanol–water partition coefficient (Wildman–Crippen LogP) is 3.29. The second-order valence-electron chi connectivity index (χ2n) is 4.90. The molecule has 2 heterocycles. The molecule has 0 N–H and O–H groups in total. The molecule has 0 unspecified atom stereocenters. The monoisotopic (exact) mass is 322 g/mol. The number of rotatable bonds is 2. The van der Waals surface area contributed by atoms with Gasteiger partial charge in [-0.15, -0.1) is 0 Å². The molecule has 4 nitrogen and oxygen atoms in total. The smallest absolute Gasteiger partial charge is 0.568 e. The third kappa shape index (κ3) is 3.20. The minimum absolute atomic E-state index is 0.143. The summed E-state index contributed by atoms with van der Waals surface area (Å²) in [5, 5.41) is 0. The van der Waals surface area contributed by atoms with Crippen LogP contribution in [0.15, 0.2) is 45.6 Å². The zero-order valence-corrected chi connectivity index (χ0v) is 11.9. The van der Waals surface area contributed by atoms with E-state index < -0.39 is 18.5 Å². The molecule has 3 rings (SSSR count). The number of halogens is 3. The van der Waals surface area contributed by atoms with Crippen LogP contribution in [-0.4, -0.2) is 12.9 Å². The Morgan fingerprint density at radius 3 is 2.57 bits per heavy atom. The average molecular weight is 322 g/mol. The molecule has 0 saturated heterocycles. The summed E-state index contributed by atoms with van der Waals surface area (Å²) in [6.45, 7) is 1.44. The lowest BCUT2D eigenvalue weighted by atomic mass is 10.0. The van der Waals surface area contributed by atoms with Crippen molar-refractivity contribution in [3.63, 3.8) is 0 Å². The fourth-order valence-electron chi connectivity index (χ4n) is 2.15. The molecule has 0 amide bonds. The van der Waals surface area contributed by atoms with Gasteiger partial charge in [-0.1, -0.05) is 12.1 Å². The maximum absolute atomic E-state index is 13.6. The summed E-state index contributed by atoms with van der Waals surface area (Å²) in [4.78, 5) is 11.9. The Bertz CT molecular complexity index is 869. The summed E-state index contributed by atoms with van der Waals surface area (Å²) in [6.07, 6.45) is 2.60. The first-order valence-corrected chi connectivity index (χ1v) is 6.68. The molecule has 23 heavy (non-hydrogen) atoms. The molecule has 0 radical (unpaired) electrons. The first kappa shape index (κ1) is 15.1.